The average Bonchev–Trinajstić information content (AvgIpc) is 2.86. The van der Waals surface area contributed by atoms with Gasteiger partial charge in [-0.1, -0.05) is 0 Å². The van der Waals surface area contributed by atoms with Crippen molar-refractivity contribution in [3.8, 4) is 0 Å². The summed E-state index contributed by atoms with van der Waals surface area (Å²) in [7, 11) is 1.73. The van der Waals surface area contributed by atoms with Crippen molar-refractivity contribution in [2.45, 2.75) is 12.1 Å². The molecule has 2 aromatic heterocycles. The Kier molecular flexibility index (Phi) is 3.04. The van der Waals surface area contributed by atoms with Crippen molar-refractivity contribution in [3.05, 3.63) is 24.5 Å². The van der Waals surface area contributed by atoms with Crippen molar-refractivity contribution >= 4 is 17.0 Å². The maximum absolute atomic E-state index is 5.40. The summed E-state index contributed by atoms with van der Waals surface area (Å²) < 4.78 is 5.40. The Bertz CT molecular complexity index is 547. The highest BCUT2D eigenvalue weighted by Crippen LogP contribution is 2.14. The normalized spacial score (nSPS) is 23.4. The summed E-state index contributed by atoms with van der Waals surface area (Å²) in [4.78, 5) is 12.8. The highest BCUT2D eigenvalue weighted by atomic mass is 16.5. The van der Waals surface area contributed by atoms with Crippen LogP contribution in [-0.2, 0) is 4.74 Å². The fraction of sp³-hybridized carbons (Fsp3) is 0.417. The van der Waals surface area contributed by atoms with E-state index in [1.165, 1.54) is 0 Å². The summed E-state index contributed by atoms with van der Waals surface area (Å²) in [5.74, 6) is 0.804. The molecular formula is C12H15N5O. The number of hydrogen-bond donors (Lipinski definition) is 2. The van der Waals surface area contributed by atoms with Crippen LogP contribution in [0.2, 0.25) is 0 Å². The standard InChI is InChI=1S/C12H15N5O/c1-18-10-7-13-6-9(10)16-11-3-2-8-12(17-11)15-5-4-14-8/h2-5,9-10,13H,6-7H2,1H3,(H,15,16,17)/t9?,10-/m0/s1. The molecule has 1 fully saturated rings. The van der Waals surface area contributed by atoms with Crippen LogP contribution in [0.1, 0.15) is 0 Å². The molecule has 2 atom stereocenters. The van der Waals surface area contributed by atoms with Crippen LogP contribution in [0.4, 0.5) is 5.82 Å². The Morgan fingerprint density at radius 3 is 3.06 bits per heavy atom. The summed E-state index contributed by atoms with van der Waals surface area (Å²) >= 11 is 0. The predicted octanol–water partition coefficient (Wildman–Crippen LogP) is 0.423. The van der Waals surface area contributed by atoms with Gasteiger partial charge < -0.3 is 15.4 Å². The number of nitrogens with zero attached hydrogens (tertiary/aromatic N) is 3. The Hall–Kier alpha value is -1.79. The Labute approximate surface area is 105 Å². The Morgan fingerprint density at radius 2 is 2.17 bits per heavy atom. The monoisotopic (exact) mass is 245 g/mol. The van der Waals surface area contributed by atoms with E-state index < -0.39 is 0 Å². The lowest BCUT2D eigenvalue weighted by atomic mass is 10.2. The molecule has 2 aromatic rings. The molecule has 1 unspecified atom stereocenters. The third-order valence-corrected chi connectivity index (χ3v) is 3.13. The topological polar surface area (TPSA) is 72.0 Å². The molecule has 0 aromatic carbocycles. The lowest BCUT2D eigenvalue weighted by Crippen LogP contribution is -2.33. The van der Waals surface area contributed by atoms with Crippen LogP contribution in [0.3, 0.4) is 0 Å². The van der Waals surface area contributed by atoms with Crippen LogP contribution < -0.4 is 10.6 Å². The highest BCUT2D eigenvalue weighted by molar-refractivity contribution is 5.71. The number of hydrogen-bond acceptors (Lipinski definition) is 6. The molecule has 2 N–H and O–H groups in total. The average molecular weight is 245 g/mol. The summed E-state index contributed by atoms with van der Waals surface area (Å²) in [5.41, 5.74) is 1.46. The highest BCUT2D eigenvalue weighted by Gasteiger charge is 2.26. The van der Waals surface area contributed by atoms with Gasteiger partial charge >= 0.3 is 0 Å². The molecule has 1 saturated heterocycles. The molecule has 6 heteroatoms. The molecule has 94 valence electrons. The lowest BCUT2D eigenvalue weighted by molar-refractivity contribution is 0.111. The van der Waals surface area contributed by atoms with Crippen LogP contribution in [0.15, 0.2) is 24.5 Å². The molecule has 1 aliphatic heterocycles. The van der Waals surface area contributed by atoms with Crippen LogP contribution in [-0.4, -0.2) is 47.3 Å². The zero-order valence-corrected chi connectivity index (χ0v) is 10.1. The van der Waals surface area contributed by atoms with Crippen LogP contribution >= 0.6 is 0 Å². The fourth-order valence-electron chi connectivity index (χ4n) is 2.17. The second kappa shape index (κ2) is 4.83. The predicted molar refractivity (Wildman–Crippen MR) is 68.4 cm³/mol. The van der Waals surface area contributed by atoms with Crippen LogP contribution in [0.5, 0.6) is 0 Å². The van der Waals surface area contributed by atoms with Gasteiger partial charge in [0.05, 0.1) is 12.1 Å². The van der Waals surface area contributed by atoms with Gasteiger partial charge in [-0.15, -0.1) is 0 Å². The zero-order chi connectivity index (χ0) is 12.4. The van der Waals surface area contributed by atoms with E-state index in [0.717, 1.165) is 24.4 Å². The number of anilines is 1. The molecule has 1 aliphatic rings. The summed E-state index contributed by atoms with van der Waals surface area (Å²) in [6, 6.07) is 4.07. The van der Waals surface area contributed by atoms with Gasteiger partial charge in [-0.2, -0.15) is 0 Å². The summed E-state index contributed by atoms with van der Waals surface area (Å²) in [6.07, 6.45) is 3.48. The maximum atomic E-state index is 5.40. The first-order valence-electron chi connectivity index (χ1n) is 5.94. The molecule has 0 amide bonds. The SMILES string of the molecule is CO[C@H]1CNCC1Nc1ccc2nccnc2n1. The molecule has 3 heterocycles. The largest absolute Gasteiger partial charge is 0.378 e. The minimum atomic E-state index is 0.171. The van der Waals surface area contributed by atoms with Crippen LogP contribution in [0, 0.1) is 0 Å². The van der Waals surface area contributed by atoms with Crippen molar-refractivity contribution in [1.29, 1.82) is 0 Å². The van der Waals surface area contributed by atoms with Crippen molar-refractivity contribution in [2.75, 3.05) is 25.5 Å². The van der Waals surface area contributed by atoms with Crippen LogP contribution in [0.25, 0.3) is 11.2 Å². The first-order chi connectivity index (χ1) is 8.86. The van der Waals surface area contributed by atoms with E-state index in [-0.39, 0.29) is 12.1 Å². The third kappa shape index (κ3) is 2.12. The molecule has 0 aliphatic carbocycles. The minimum absolute atomic E-state index is 0.171. The minimum Gasteiger partial charge on any atom is -0.378 e. The van der Waals surface area contributed by atoms with Gasteiger partial charge in [0.2, 0.25) is 0 Å². The number of methoxy groups -OCH3 is 1. The second-order valence-electron chi connectivity index (χ2n) is 4.28. The smallest absolute Gasteiger partial charge is 0.180 e. The van der Waals surface area contributed by atoms with Gasteiger partial charge in [0, 0.05) is 32.6 Å². The molecule has 0 saturated carbocycles. The van der Waals surface area contributed by atoms with Gasteiger partial charge in [0.25, 0.3) is 0 Å². The molecule has 6 nitrogen and oxygen atoms in total. The van der Waals surface area contributed by atoms with E-state index in [1.807, 2.05) is 12.1 Å². The molecule has 0 bridgehead atoms. The van der Waals surface area contributed by atoms with E-state index in [9.17, 15) is 0 Å². The lowest BCUT2D eigenvalue weighted by Gasteiger charge is -2.19. The first-order valence-corrected chi connectivity index (χ1v) is 5.94. The number of pyridine rings is 1. The number of ether oxygens (including phenoxy) is 1. The van der Waals surface area contributed by atoms with Gasteiger partial charge in [-0.3, -0.25) is 4.98 Å². The second-order valence-corrected chi connectivity index (χ2v) is 4.28. The Morgan fingerprint density at radius 1 is 1.28 bits per heavy atom. The number of fused-ring (bicyclic) bond motifs is 1. The van der Waals surface area contributed by atoms with Crippen molar-refractivity contribution < 1.29 is 4.74 Å². The quantitative estimate of drug-likeness (QED) is 0.816. The van der Waals surface area contributed by atoms with E-state index in [2.05, 4.69) is 25.6 Å². The Balaban J connectivity index is 1.82. The van der Waals surface area contributed by atoms with Gasteiger partial charge in [0.15, 0.2) is 5.65 Å². The van der Waals surface area contributed by atoms with Crippen molar-refractivity contribution in [2.24, 2.45) is 0 Å². The number of rotatable bonds is 3. The van der Waals surface area contributed by atoms with Crippen molar-refractivity contribution in [1.82, 2.24) is 20.3 Å². The fourth-order valence-corrected chi connectivity index (χ4v) is 2.17. The van der Waals surface area contributed by atoms with Crippen molar-refractivity contribution in [3.63, 3.8) is 0 Å². The molecular weight excluding hydrogens is 230 g/mol. The van der Waals surface area contributed by atoms with Gasteiger partial charge in [-0.05, 0) is 12.1 Å². The van der Waals surface area contributed by atoms with E-state index in [0.29, 0.717) is 5.65 Å². The number of nitrogens with one attached hydrogen (secondary N) is 2. The first kappa shape index (κ1) is 11.3. The summed E-state index contributed by atoms with van der Waals surface area (Å²) in [6.45, 7) is 1.74. The zero-order valence-electron chi connectivity index (χ0n) is 10.1. The van der Waals surface area contributed by atoms with E-state index in [1.54, 1.807) is 19.5 Å². The summed E-state index contributed by atoms with van der Waals surface area (Å²) in [5, 5.41) is 6.66. The van der Waals surface area contributed by atoms with E-state index in [4.69, 9.17) is 4.74 Å². The molecule has 3 rings (SSSR count). The number of aromatic nitrogens is 3. The third-order valence-electron chi connectivity index (χ3n) is 3.13. The van der Waals surface area contributed by atoms with E-state index >= 15 is 0 Å². The van der Waals surface area contributed by atoms with Gasteiger partial charge in [-0.25, -0.2) is 9.97 Å². The molecule has 0 radical (unpaired) electrons. The maximum Gasteiger partial charge on any atom is 0.180 e. The van der Waals surface area contributed by atoms with Gasteiger partial charge in [0.1, 0.15) is 11.3 Å². The molecule has 0 spiro atoms. The molecule has 18 heavy (non-hydrogen) atoms.